The smallest absolute Gasteiger partial charge is 0.247 e. The van der Waals surface area contributed by atoms with Crippen molar-refractivity contribution in [3.63, 3.8) is 0 Å². The van der Waals surface area contributed by atoms with Gasteiger partial charge >= 0.3 is 0 Å². The van der Waals surface area contributed by atoms with Gasteiger partial charge in [0.1, 0.15) is 12.1 Å². The molecule has 58 heavy (non-hydrogen) atoms. The summed E-state index contributed by atoms with van der Waals surface area (Å²) >= 11 is 0. The van der Waals surface area contributed by atoms with E-state index in [-0.39, 0.29) is 42.0 Å². The van der Waals surface area contributed by atoms with Gasteiger partial charge in [0.25, 0.3) is 0 Å². The number of carbonyl (C=O) groups excluding carboxylic acids is 3. The van der Waals surface area contributed by atoms with E-state index in [0.717, 1.165) is 23.1 Å². The fourth-order valence-corrected chi connectivity index (χ4v) is 7.44. The quantitative estimate of drug-likeness (QED) is 0.124. The summed E-state index contributed by atoms with van der Waals surface area (Å²) in [6, 6.07) is 33.9. The minimum atomic E-state index is -0.634. The molecule has 306 valence electrons. The fourth-order valence-electron chi connectivity index (χ4n) is 7.44. The molecular formula is C48H58N4O6. The highest BCUT2D eigenvalue weighted by molar-refractivity contribution is 5.98. The van der Waals surface area contributed by atoms with Gasteiger partial charge in [-0.2, -0.15) is 5.06 Å². The molecule has 0 bridgehead atoms. The SMILES string of the molecule is CC(C)(C)O[C@@H]1C[C@@H](C(=O)Nc2ccc(/C=C/c3ccc(NC(=O)[C@@H]4C[C@@H](OC(C)(C)C)CN4C(=O)Cc4ccccc4)cc3)cc2)N(OCCc2ccccc2)C1. The lowest BCUT2D eigenvalue weighted by atomic mass is 10.1. The number of ether oxygens (including phenoxy) is 2. The van der Waals surface area contributed by atoms with Gasteiger partial charge in [-0.05, 0) is 94.5 Å². The summed E-state index contributed by atoms with van der Waals surface area (Å²) in [5.74, 6) is -0.457. The lowest BCUT2D eigenvalue weighted by molar-refractivity contribution is -0.178. The second-order valence-electron chi connectivity index (χ2n) is 17.1. The topological polar surface area (TPSA) is 109 Å². The number of likely N-dealkylation sites (tertiary alicyclic amines) is 1. The average Bonchev–Trinajstić information content (AvgIpc) is 3.78. The van der Waals surface area contributed by atoms with Crippen LogP contribution in [-0.4, -0.2) is 82.9 Å². The zero-order chi connectivity index (χ0) is 41.3. The Morgan fingerprint density at radius 1 is 0.621 bits per heavy atom. The fraction of sp³-hybridized carbons (Fsp3) is 0.396. The van der Waals surface area contributed by atoms with Crippen LogP contribution in [0.3, 0.4) is 0 Å². The van der Waals surface area contributed by atoms with E-state index in [1.165, 1.54) is 5.56 Å². The largest absolute Gasteiger partial charge is 0.371 e. The normalized spacial score (nSPS) is 20.1. The van der Waals surface area contributed by atoms with Crippen molar-refractivity contribution in [2.45, 2.75) is 103 Å². The predicted octanol–water partition coefficient (Wildman–Crippen LogP) is 8.19. The number of nitrogens with one attached hydrogen (secondary N) is 2. The third kappa shape index (κ3) is 12.7. The summed E-state index contributed by atoms with van der Waals surface area (Å²) < 4.78 is 12.5. The zero-order valence-corrected chi connectivity index (χ0v) is 34.7. The van der Waals surface area contributed by atoms with Gasteiger partial charge in [-0.25, -0.2) is 0 Å². The highest BCUT2D eigenvalue weighted by Gasteiger charge is 2.42. The summed E-state index contributed by atoms with van der Waals surface area (Å²) in [5.41, 5.74) is 4.64. The summed E-state index contributed by atoms with van der Waals surface area (Å²) in [6.45, 7) is 13.4. The molecule has 3 amide bonds. The molecule has 0 aliphatic carbocycles. The molecule has 2 N–H and O–H groups in total. The summed E-state index contributed by atoms with van der Waals surface area (Å²) in [5, 5.41) is 7.88. The first-order valence-electron chi connectivity index (χ1n) is 20.3. The third-order valence-electron chi connectivity index (χ3n) is 9.96. The Kier molecular flexibility index (Phi) is 14.0. The van der Waals surface area contributed by atoms with E-state index in [1.807, 2.05) is 151 Å². The van der Waals surface area contributed by atoms with E-state index in [0.29, 0.717) is 43.9 Å². The summed E-state index contributed by atoms with van der Waals surface area (Å²) in [6.07, 6.45) is 5.58. The number of anilines is 2. The maximum atomic E-state index is 13.6. The van der Waals surface area contributed by atoms with Crippen LogP contribution in [0.4, 0.5) is 11.4 Å². The van der Waals surface area contributed by atoms with Crippen molar-refractivity contribution in [2.24, 2.45) is 0 Å². The molecule has 2 aliphatic heterocycles. The van der Waals surface area contributed by atoms with Crippen LogP contribution in [0, 0.1) is 0 Å². The first-order valence-corrected chi connectivity index (χ1v) is 20.3. The Bertz CT molecular complexity index is 1990. The second-order valence-corrected chi connectivity index (χ2v) is 17.1. The van der Waals surface area contributed by atoms with Crippen LogP contribution in [-0.2, 0) is 41.5 Å². The van der Waals surface area contributed by atoms with Gasteiger partial charge in [-0.1, -0.05) is 97.1 Å². The number of hydrogen-bond acceptors (Lipinski definition) is 7. The van der Waals surface area contributed by atoms with Crippen molar-refractivity contribution in [2.75, 3.05) is 30.3 Å². The minimum absolute atomic E-state index is 0.0951. The molecular weight excluding hydrogens is 729 g/mol. The van der Waals surface area contributed by atoms with Crippen molar-refractivity contribution < 1.29 is 28.7 Å². The van der Waals surface area contributed by atoms with E-state index >= 15 is 0 Å². The second kappa shape index (κ2) is 19.1. The molecule has 0 aromatic heterocycles. The Morgan fingerprint density at radius 3 is 1.60 bits per heavy atom. The molecule has 4 atom stereocenters. The minimum Gasteiger partial charge on any atom is -0.371 e. The first-order chi connectivity index (χ1) is 27.7. The molecule has 0 saturated carbocycles. The molecule has 2 heterocycles. The van der Waals surface area contributed by atoms with Crippen molar-refractivity contribution >= 4 is 41.2 Å². The molecule has 0 radical (unpaired) electrons. The van der Waals surface area contributed by atoms with E-state index in [2.05, 4.69) is 22.8 Å². The third-order valence-corrected chi connectivity index (χ3v) is 9.96. The Balaban J connectivity index is 1.02. The number of rotatable bonds is 14. The van der Waals surface area contributed by atoms with Crippen LogP contribution in [0.1, 0.15) is 76.6 Å². The van der Waals surface area contributed by atoms with Gasteiger partial charge in [-0.3, -0.25) is 19.2 Å². The van der Waals surface area contributed by atoms with Crippen LogP contribution in [0.15, 0.2) is 109 Å². The molecule has 0 spiro atoms. The monoisotopic (exact) mass is 786 g/mol. The maximum Gasteiger partial charge on any atom is 0.247 e. The van der Waals surface area contributed by atoms with Gasteiger partial charge in [0, 0.05) is 30.8 Å². The number of nitrogens with zero attached hydrogens (tertiary/aromatic N) is 2. The standard InChI is InChI=1S/C48H58N4O6/c1-47(2,3)57-40-30-42(51(32-40)44(53)29-37-15-11-8-12-16-37)45(54)49-38-23-19-35(20-24-38)17-18-36-21-25-39(26-22-36)50-46(55)43-31-41(58-48(4,5)6)33-52(43)56-28-27-34-13-9-7-10-14-34/h7-26,40-43H,27-33H2,1-6H3,(H,49,54)(H,50,55)/b18-17+/t40-,41-,42+,43+/m1/s1. The Morgan fingerprint density at radius 2 is 1.09 bits per heavy atom. The molecule has 6 rings (SSSR count). The molecule has 10 heteroatoms. The first kappa shape index (κ1) is 42.5. The Labute approximate surface area is 343 Å². The van der Waals surface area contributed by atoms with Gasteiger partial charge < -0.3 is 25.0 Å². The van der Waals surface area contributed by atoms with Crippen LogP contribution in [0.25, 0.3) is 12.2 Å². The zero-order valence-electron chi connectivity index (χ0n) is 34.7. The summed E-state index contributed by atoms with van der Waals surface area (Å²) in [7, 11) is 0. The lowest BCUT2D eigenvalue weighted by Gasteiger charge is -2.25. The Hall–Kier alpha value is -5.13. The van der Waals surface area contributed by atoms with Crippen LogP contribution in [0.5, 0.6) is 0 Å². The molecule has 10 nitrogen and oxygen atoms in total. The highest BCUT2D eigenvalue weighted by atomic mass is 16.7. The van der Waals surface area contributed by atoms with E-state index in [9.17, 15) is 14.4 Å². The number of amides is 3. The van der Waals surface area contributed by atoms with E-state index in [1.54, 1.807) is 9.96 Å². The van der Waals surface area contributed by atoms with Gasteiger partial charge in [0.05, 0.1) is 43.0 Å². The van der Waals surface area contributed by atoms with Crippen LogP contribution < -0.4 is 10.6 Å². The molecule has 2 fully saturated rings. The molecule has 2 saturated heterocycles. The van der Waals surface area contributed by atoms with Gasteiger partial charge in [0.2, 0.25) is 17.7 Å². The van der Waals surface area contributed by atoms with Crippen LogP contribution in [0.2, 0.25) is 0 Å². The van der Waals surface area contributed by atoms with Crippen LogP contribution >= 0.6 is 0 Å². The molecule has 0 unspecified atom stereocenters. The lowest BCUT2D eigenvalue weighted by Crippen LogP contribution is -2.44. The number of carbonyl (C=O) groups is 3. The van der Waals surface area contributed by atoms with Crippen molar-refractivity contribution in [1.82, 2.24) is 9.96 Å². The number of hydroxylamine groups is 2. The molecule has 4 aromatic carbocycles. The summed E-state index contributed by atoms with van der Waals surface area (Å²) in [4.78, 5) is 48.4. The average molecular weight is 787 g/mol. The van der Waals surface area contributed by atoms with Crippen molar-refractivity contribution in [1.29, 1.82) is 0 Å². The number of hydrogen-bond donors (Lipinski definition) is 2. The number of benzene rings is 4. The molecule has 2 aliphatic rings. The predicted molar refractivity (Wildman–Crippen MR) is 230 cm³/mol. The highest BCUT2D eigenvalue weighted by Crippen LogP contribution is 2.28. The van der Waals surface area contributed by atoms with Crippen molar-refractivity contribution in [3.8, 4) is 0 Å². The maximum absolute atomic E-state index is 13.6. The van der Waals surface area contributed by atoms with Crippen molar-refractivity contribution in [3.05, 3.63) is 131 Å². The van der Waals surface area contributed by atoms with E-state index in [4.69, 9.17) is 14.3 Å². The van der Waals surface area contributed by atoms with Gasteiger partial charge in [-0.15, -0.1) is 0 Å². The van der Waals surface area contributed by atoms with Gasteiger partial charge in [0.15, 0.2) is 0 Å². The molecule has 4 aromatic rings. The van der Waals surface area contributed by atoms with E-state index < -0.39 is 17.7 Å².